The fourth-order valence-electron chi connectivity index (χ4n) is 1.22. The van der Waals surface area contributed by atoms with Crippen LogP contribution in [0.15, 0.2) is 0 Å². The van der Waals surface area contributed by atoms with Crippen molar-refractivity contribution in [2.24, 2.45) is 0 Å². The molecule has 0 amide bonds. The minimum atomic E-state index is -2.84. The van der Waals surface area contributed by atoms with E-state index in [2.05, 4.69) is 0 Å². The van der Waals surface area contributed by atoms with Crippen molar-refractivity contribution in [3.05, 3.63) is 0 Å². The molecule has 7 heteroatoms. The lowest BCUT2D eigenvalue weighted by Gasteiger charge is -2.35. The summed E-state index contributed by atoms with van der Waals surface area (Å²) in [5.74, 6) is 0. The van der Waals surface area contributed by atoms with Crippen LogP contribution in [0.1, 0.15) is 0 Å². The fraction of sp³-hybridized carbons (Fsp3) is 1.00. The highest BCUT2D eigenvalue weighted by Gasteiger charge is 2.48. The predicted octanol–water partition coefficient (Wildman–Crippen LogP) is -0.131. The zero-order valence-electron chi connectivity index (χ0n) is 9.57. The monoisotopic (exact) mass is 225 g/mol. The van der Waals surface area contributed by atoms with Crippen LogP contribution in [0, 0.1) is 0 Å². The van der Waals surface area contributed by atoms with Gasteiger partial charge in [0.2, 0.25) is 6.41 Å². The van der Waals surface area contributed by atoms with Crippen molar-refractivity contribution >= 4 is 8.97 Å². The van der Waals surface area contributed by atoms with Gasteiger partial charge in [-0.25, -0.2) is 4.57 Å². The van der Waals surface area contributed by atoms with Gasteiger partial charge in [-0.2, -0.15) is 0 Å². The highest BCUT2D eigenvalue weighted by atomic mass is 28.4. The van der Waals surface area contributed by atoms with Gasteiger partial charge in [-0.05, 0) is 7.05 Å². The molecule has 0 spiro atoms. The molecular weight excluding hydrogens is 206 g/mol. The van der Waals surface area contributed by atoms with Crippen molar-refractivity contribution in [1.29, 1.82) is 0 Å². The summed E-state index contributed by atoms with van der Waals surface area (Å²) < 4.78 is 27.5. The first-order chi connectivity index (χ1) is 6.61. The van der Waals surface area contributed by atoms with Crippen LogP contribution >= 0.6 is 0 Å². The van der Waals surface area contributed by atoms with E-state index < -0.39 is 15.4 Å². The molecule has 0 saturated heterocycles. The average Bonchev–Trinajstić information content (AvgIpc) is 2.23. The maximum absolute atomic E-state index is 5.24. The highest BCUT2D eigenvalue weighted by Crippen LogP contribution is 2.14. The van der Waals surface area contributed by atoms with Gasteiger partial charge in [0.1, 0.15) is 0 Å². The molecule has 0 aromatic heterocycles. The van der Waals surface area contributed by atoms with E-state index in [9.17, 15) is 0 Å². The second-order valence-electron chi connectivity index (χ2n) is 2.53. The van der Waals surface area contributed by atoms with Gasteiger partial charge in [-0.15, -0.1) is 0 Å². The van der Waals surface area contributed by atoms with E-state index in [1.54, 1.807) is 11.6 Å². The number of hydrogen-bond acceptors (Lipinski definition) is 6. The molecule has 86 valence electrons. The van der Waals surface area contributed by atoms with Crippen molar-refractivity contribution < 1.29 is 22.8 Å². The van der Waals surface area contributed by atoms with Gasteiger partial charge >= 0.3 is 8.97 Å². The SMILES string of the molecule is COC(OC)N(C)[Si](OC)(OC)OC. The lowest BCUT2D eigenvalue weighted by molar-refractivity contribution is -0.183. The molecule has 0 aromatic rings. The number of ether oxygens (including phenoxy) is 2. The molecule has 0 rings (SSSR count). The first kappa shape index (κ1) is 14.0. The second-order valence-corrected chi connectivity index (χ2v) is 5.50. The van der Waals surface area contributed by atoms with Crippen LogP contribution in [0.3, 0.4) is 0 Å². The highest BCUT2D eigenvalue weighted by molar-refractivity contribution is 6.57. The summed E-state index contributed by atoms with van der Waals surface area (Å²) in [6.07, 6.45) is -0.554. The molecular formula is C7H19NO5Si. The zero-order chi connectivity index (χ0) is 11.2. The van der Waals surface area contributed by atoms with Gasteiger partial charge in [0.05, 0.1) is 0 Å². The normalized spacial score (nSPS) is 12.9. The summed E-state index contributed by atoms with van der Waals surface area (Å²) in [5.41, 5.74) is 0. The van der Waals surface area contributed by atoms with E-state index in [0.29, 0.717) is 0 Å². The van der Waals surface area contributed by atoms with Crippen LogP contribution in [0.4, 0.5) is 0 Å². The molecule has 0 unspecified atom stereocenters. The zero-order valence-corrected chi connectivity index (χ0v) is 10.6. The number of hydrogen-bond donors (Lipinski definition) is 0. The van der Waals surface area contributed by atoms with Gasteiger partial charge in [0.15, 0.2) is 0 Å². The molecule has 0 atom stereocenters. The van der Waals surface area contributed by atoms with Crippen LogP contribution < -0.4 is 0 Å². The standard InChI is InChI=1S/C7H19NO5Si/c1-8(7(9-2)10-3)14(11-4,12-5)13-6/h7H,1-6H3. The van der Waals surface area contributed by atoms with Gasteiger partial charge in [0, 0.05) is 35.5 Å². The summed E-state index contributed by atoms with van der Waals surface area (Å²) in [7, 11) is 6.55. The van der Waals surface area contributed by atoms with Crippen LogP contribution in [0.25, 0.3) is 0 Å². The molecule has 0 aliphatic rings. The lowest BCUT2D eigenvalue weighted by Crippen LogP contribution is -2.62. The summed E-state index contributed by atoms with van der Waals surface area (Å²) >= 11 is 0. The Kier molecular flexibility index (Phi) is 6.45. The van der Waals surface area contributed by atoms with E-state index in [0.717, 1.165) is 0 Å². The molecule has 0 aliphatic heterocycles. The third kappa shape index (κ3) is 2.73. The van der Waals surface area contributed by atoms with Crippen molar-refractivity contribution in [1.82, 2.24) is 4.57 Å². The predicted molar refractivity (Wildman–Crippen MR) is 52.4 cm³/mol. The average molecular weight is 225 g/mol. The molecule has 0 heterocycles. The summed E-state index contributed by atoms with van der Waals surface area (Å²) in [5, 5.41) is 0. The second kappa shape index (κ2) is 6.46. The largest absolute Gasteiger partial charge is 0.602 e. The van der Waals surface area contributed by atoms with Crippen LogP contribution in [-0.4, -0.2) is 62.5 Å². The van der Waals surface area contributed by atoms with Crippen LogP contribution in [-0.2, 0) is 22.8 Å². The smallest absolute Gasteiger partial charge is 0.364 e. The van der Waals surface area contributed by atoms with Gasteiger partial charge in [0.25, 0.3) is 0 Å². The Hall–Kier alpha value is -0.0231. The third-order valence-electron chi connectivity index (χ3n) is 1.93. The van der Waals surface area contributed by atoms with E-state index in [-0.39, 0.29) is 0 Å². The summed E-state index contributed by atoms with van der Waals surface area (Å²) in [6.45, 7) is 0. The minimum Gasteiger partial charge on any atom is -0.364 e. The van der Waals surface area contributed by atoms with Crippen LogP contribution in [0.5, 0.6) is 0 Å². The molecule has 6 nitrogen and oxygen atoms in total. The number of rotatable bonds is 7. The van der Waals surface area contributed by atoms with Gasteiger partial charge in [-0.3, -0.25) is 0 Å². The topological polar surface area (TPSA) is 49.4 Å². The molecule has 0 bridgehead atoms. The Morgan fingerprint density at radius 2 is 1.21 bits per heavy atom. The summed E-state index contributed by atoms with van der Waals surface area (Å²) in [4.78, 5) is 0. The Morgan fingerprint density at radius 3 is 1.43 bits per heavy atom. The first-order valence-corrected chi connectivity index (χ1v) is 5.73. The Bertz CT molecular complexity index is 143. The fourth-order valence-corrected chi connectivity index (χ4v) is 3.06. The van der Waals surface area contributed by atoms with Crippen molar-refractivity contribution in [3.63, 3.8) is 0 Å². The van der Waals surface area contributed by atoms with Crippen LogP contribution in [0.2, 0.25) is 0 Å². The maximum Gasteiger partial charge on any atom is 0.602 e. The first-order valence-electron chi connectivity index (χ1n) is 4.05. The van der Waals surface area contributed by atoms with E-state index in [1.807, 2.05) is 0 Å². The number of methoxy groups -OCH3 is 2. The molecule has 0 N–H and O–H groups in total. The minimum absolute atomic E-state index is 0.554. The summed E-state index contributed by atoms with van der Waals surface area (Å²) in [6, 6.07) is 0. The molecule has 0 aliphatic carbocycles. The Morgan fingerprint density at radius 1 is 0.857 bits per heavy atom. The third-order valence-corrected chi connectivity index (χ3v) is 4.55. The van der Waals surface area contributed by atoms with E-state index in [1.165, 1.54) is 35.5 Å². The van der Waals surface area contributed by atoms with Crippen molar-refractivity contribution in [2.45, 2.75) is 6.41 Å². The maximum atomic E-state index is 5.24. The molecule has 0 radical (unpaired) electrons. The van der Waals surface area contributed by atoms with E-state index >= 15 is 0 Å². The van der Waals surface area contributed by atoms with Gasteiger partial charge < -0.3 is 22.8 Å². The van der Waals surface area contributed by atoms with Gasteiger partial charge in [-0.1, -0.05) is 0 Å². The Labute approximate surface area is 86.1 Å². The number of nitrogens with zero attached hydrogens (tertiary/aromatic N) is 1. The molecule has 0 saturated carbocycles. The van der Waals surface area contributed by atoms with Crippen molar-refractivity contribution in [2.75, 3.05) is 42.6 Å². The molecule has 0 fully saturated rings. The lowest BCUT2D eigenvalue weighted by atomic mass is 11.0. The Balaban J connectivity index is 4.63. The van der Waals surface area contributed by atoms with Crippen molar-refractivity contribution in [3.8, 4) is 0 Å². The molecule has 0 aromatic carbocycles. The van der Waals surface area contributed by atoms with E-state index in [4.69, 9.17) is 22.8 Å². The molecule has 14 heavy (non-hydrogen) atoms. The quantitative estimate of drug-likeness (QED) is 0.444.